The first-order valence-corrected chi connectivity index (χ1v) is 5.64. The van der Waals surface area contributed by atoms with Crippen LogP contribution >= 0.6 is 0 Å². The predicted molar refractivity (Wildman–Crippen MR) is 68.3 cm³/mol. The molecule has 4 nitrogen and oxygen atoms in total. The maximum absolute atomic E-state index is 11.8. The molecule has 0 atom stereocenters. The lowest BCUT2D eigenvalue weighted by Gasteiger charge is -2.06. The number of carbonyl (C=O) groups excluding carboxylic acids is 1. The number of aromatic nitrogens is 1. The second-order valence-electron chi connectivity index (χ2n) is 4.01. The van der Waals surface area contributed by atoms with Crippen LogP contribution in [0.5, 0.6) is 5.75 Å². The van der Waals surface area contributed by atoms with E-state index in [0.29, 0.717) is 12.1 Å². The molecule has 0 radical (unpaired) electrons. The van der Waals surface area contributed by atoms with E-state index in [9.17, 15) is 9.90 Å². The van der Waals surface area contributed by atoms with E-state index >= 15 is 0 Å². The molecule has 0 bridgehead atoms. The second kappa shape index (κ2) is 5.31. The lowest BCUT2D eigenvalue weighted by atomic mass is 10.1. The van der Waals surface area contributed by atoms with Crippen molar-refractivity contribution in [3.05, 3.63) is 59.4 Å². The van der Waals surface area contributed by atoms with Gasteiger partial charge in [0.15, 0.2) is 0 Å². The average molecular weight is 242 g/mol. The molecule has 1 aromatic heterocycles. The number of pyridine rings is 1. The van der Waals surface area contributed by atoms with E-state index in [1.165, 1.54) is 6.07 Å². The number of hydrogen-bond donors (Lipinski definition) is 2. The number of aryl methyl sites for hydroxylation is 1. The normalized spacial score (nSPS) is 10.1. The van der Waals surface area contributed by atoms with E-state index in [1.807, 2.05) is 18.2 Å². The van der Waals surface area contributed by atoms with E-state index in [4.69, 9.17) is 0 Å². The minimum atomic E-state index is -0.226. The van der Waals surface area contributed by atoms with E-state index in [0.717, 1.165) is 11.3 Å². The SMILES string of the molecule is Cc1ccc(C(=O)NCc2ccccn2)cc1O. The smallest absolute Gasteiger partial charge is 0.251 e. The van der Waals surface area contributed by atoms with Gasteiger partial charge in [-0.25, -0.2) is 0 Å². The maximum Gasteiger partial charge on any atom is 0.251 e. The van der Waals surface area contributed by atoms with Gasteiger partial charge in [-0.05, 0) is 36.8 Å². The van der Waals surface area contributed by atoms with Gasteiger partial charge in [-0.1, -0.05) is 12.1 Å². The number of benzene rings is 1. The van der Waals surface area contributed by atoms with E-state index < -0.39 is 0 Å². The number of phenols is 1. The number of carbonyl (C=O) groups is 1. The topological polar surface area (TPSA) is 62.2 Å². The van der Waals surface area contributed by atoms with Crippen LogP contribution in [0.2, 0.25) is 0 Å². The lowest BCUT2D eigenvalue weighted by Crippen LogP contribution is -2.23. The summed E-state index contributed by atoms with van der Waals surface area (Å²) in [5.74, 6) is -0.101. The lowest BCUT2D eigenvalue weighted by molar-refractivity contribution is 0.0950. The van der Waals surface area contributed by atoms with Crippen molar-refractivity contribution >= 4 is 5.91 Å². The molecule has 0 aliphatic carbocycles. The Morgan fingerprint density at radius 2 is 2.17 bits per heavy atom. The molecule has 2 rings (SSSR count). The minimum absolute atomic E-state index is 0.125. The van der Waals surface area contributed by atoms with Crippen LogP contribution in [0.3, 0.4) is 0 Å². The van der Waals surface area contributed by atoms with Crippen molar-refractivity contribution in [2.24, 2.45) is 0 Å². The number of nitrogens with zero attached hydrogens (tertiary/aromatic N) is 1. The molecule has 0 spiro atoms. The fourth-order valence-electron chi connectivity index (χ4n) is 1.53. The molecule has 0 fully saturated rings. The highest BCUT2D eigenvalue weighted by Gasteiger charge is 2.07. The van der Waals surface area contributed by atoms with E-state index in [2.05, 4.69) is 10.3 Å². The second-order valence-corrected chi connectivity index (χ2v) is 4.01. The Balaban J connectivity index is 2.02. The summed E-state index contributed by atoms with van der Waals surface area (Å²) in [6.45, 7) is 2.15. The summed E-state index contributed by atoms with van der Waals surface area (Å²) in [6.07, 6.45) is 1.68. The summed E-state index contributed by atoms with van der Waals surface area (Å²) in [4.78, 5) is 15.9. The van der Waals surface area contributed by atoms with Gasteiger partial charge >= 0.3 is 0 Å². The van der Waals surface area contributed by atoms with Crippen molar-refractivity contribution < 1.29 is 9.90 Å². The predicted octanol–water partition coefficient (Wildman–Crippen LogP) is 2.03. The van der Waals surface area contributed by atoms with Gasteiger partial charge in [-0.2, -0.15) is 0 Å². The van der Waals surface area contributed by atoms with Crippen molar-refractivity contribution in [2.75, 3.05) is 0 Å². The third kappa shape index (κ3) is 2.85. The van der Waals surface area contributed by atoms with Crippen LogP contribution in [0.15, 0.2) is 42.6 Å². The van der Waals surface area contributed by atoms with Crippen molar-refractivity contribution in [3.63, 3.8) is 0 Å². The van der Waals surface area contributed by atoms with Gasteiger partial charge in [-0.15, -0.1) is 0 Å². The van der Waals surface area contributed by atoms with E-state index in [-0.39, 0.29) is 11.7 Å². The van der Waals surface area contributed by atoms with Gasteiger partial charge in [0, 0.05) is 11.8 Å². The summed E-state index contributed by atoms with van der Waals surface area (Å²) in [5, 5.41) is 12.3. The van der Waals surface area contributed by atoms with Gasteiger partial charge in [0.1, 0.15) is 5.75 Å². The average Bonchev–Trinajstić information content (AvgIpc) is 2.40. The molecule has 92 valence electrons. The molecule has 2 aromatic rings. The first kappa shape index (κ1) is 12.1. The third-order valence-electron chi connectivity index (χ3n) is 2.63. The third-order valence-corrected chi connectivity index (χ3v) is 2.63. The Morgan fingerprint density at radius 3 is 2.83 bits per heavy atom. The fourth-order valence-corrected chi connectivity index (χ4v) is 1.53. The van der Waals surface area contributed by atoms with Crippen molar-refractivity contribution in [2.45, 2.75) is 13.5 Å². The van der Waals surface area contributed by atoms with E-state index in [1.54, 1.807) is 25.3 Å². The van der Waals surface area contributed by atoms with Gasteiger partial charge in [0.25, 0.3) is 5.91 Å². The number of hydrogen-bond acceptors (Lipinski definition) is 3. The number of nitrogens with one attached hydrogen (secondary N) is 1. The highest BCUT2D eigenvalue weighted by Crippen LogP contribution is 2.17. The molecule has 0 aliphatic rings. The van der Waals surface area contributed by atoms with Crippen LogP contribution < -0.4 is 5.32 Å². The fraction of sp³-hybridized carbons (Fsp3) is 0.143. The van der Waals surface area contributed by atoms with Gasteiger partial charge in [0.2, 0.25) is 0 Å². The first-order valence-electron chi connectivity index (χ1n) is 5.64. The van der Waals surface area contributed by atoms with Gasteiger partial charge < -0.3 is 10.4 Å². The Bertz CT molecular complexity index is 553. The number of amides is 1. The Labute approximate surface area is 105 Å². The molecule has 0 saturated carbocycles. The van der Waals surface area contributed by atoms with Crippen LogP contribution in [0, 0.1) is 6.92 Å². The molecule has 18 heavy (non-hydrogen) atoms. The number of rotatable bonds is 3. The summed E-state index contributed by atoms with van der Waals surface area (Å²) >= 11 is 0. The number of aromatic hydroxyl groups is 1. The molecule has 0 unspecified atom stereocenters. The Hall–Kier alpha value is -2.36. The highest BCUT2D eigenvalue weighted by molar-refractivity contribution is 5.94. The molecular weight excluding hydrogens is 228 g/mol. The van der Waals surface area contributed by atoms with Crippen LogP contribution in [-0.4, -0.2) is 16.0 Å². The van der Waals surface area contributed by atoms with Gasteiger partial charge in [-0.3, -0.25) is 9.78 Å². The summed E-state index contributed by atoms with van der Waals surface area (Å²) in [7, 11) is 0. The largest absolute Gasteiger partial charge is 0.508 e. The zero-order valence-corrected chi connectivity index (χ0v) is 10.1. The summed E-state index contributed by atoms with van der Waals surface area (Å²) in [6, 6.07) is 10.4. The highest BCUT2D eigenvalue weighted by atomic mass is 16.3. The quantitative estimate of drug-likeness (QED) is 0.865. The standard InChI is InChI=1S/C14H14N2O2/c1-10-5-6-11(8-13(10)17)14(18)16-9-12-4-2-3-7-15-12/h2-8,17H,9H2,1H3,(H,16,18). The Kier molecular flexibility index (Phi) is 3.57. The van der Waals surface area contributed by atoms with Crippen LogP contribution in [0.4, 0.5) is 0 Å². The van der Waals surface area contributed by atoms with Crippen molar-refractivity contribution in [1.29, 1.82) is 0 Å². The molecular formula is C14H14N2O2. The molecule has 2 N–H and O–H groups in total. The monoisotopic (exact) mass is 242 g/mol. The molecule has 1 amide bonds. The summed E-state index contributed by atoms with van der Waals surface area (Å²) in [5.41, 5.74) is 1.98. The maximum atomic E-state index is 11.8. The van der Waals surface area contributed by atoms with Crippen molar-refractivity contribution in [1.82, 2.24) is 10.3 Å². The van der Waals surface area contributed by atoms with Crippen molar-refractivity contribution in [3.8, 4) is 5.75 Å². The molecule has 0 saturated heterocycles. The van der Waals surface area contributed by atoms with Crippen LogP contribution in [0.25, 0.3) is 0 Å². The molecule has 4 heteroatoms. The molecule has 1 aromatic carbocycles. The van der Waals surface area contributed by atoms with Gasteiger partial charge in [0.05, 0.1) is 12.2 Å². The zero-order valence-electron chi connectivity index (χ0n) is 10.1. The molecule has 0 aliphatic heterocycles. The summed E-state index contributed by atoms with van der Waals surface area (Å²) < 4.78 is 0. The van der Waals surface area contributed by atoms with Crippen LogP contribution in [-0.2, 0) is 6.54 Å². The minimum Gasteiger partial charge on any atom is -0.508 e. The first-order chi connectivity index (χ1) is 8.66. The molecule has 1 heterocycles. The van der Waals surface area contributed by atoms with Crippen LogP contribution in [0.1, 0.15) is 21.6 Å². The Morgan fingerprint density at radius 1 is 1.33 bits per heavy atom. The number of phenolic OH excluding ortho intramolecular Hbond substituents is 1. The zero-order chi connectivity index (χ0) is 13.0.